The van der Waals surface area contributed by atoms with Crippen LogP contribution >= 0.6 is 39.0 Å². The smallest absolute Gasteiger partial charge is 0.264 e. The van der Waals surface area contributed by atoms with Crippen LogP contribution in [-0.4, -0.2) is 20.7 Å². The van der Waals surface area contributed by atoms with Crippen molar-refractivity contribution in [2.24, 2.45) is 0 Å². The second-order valence-corrected chi connectivity index (χ2v) is 9.97. The number of hydrogen-bond donors (Lipinski definition) is 0. The van der Waals surface area contributed by atoms with Gasteiger partial charge in [0, 0.05) is 22.1 Å². The predicted molar refractivity (Wildman–Crippen MR) is 88.5 cm³/mol. The van der Waals surface area contributed by atoms with Crippen LogP contribution in [0.3, 0.4) is 0 Å². The Morgan fingerprint density at radius 2 is 2.05 bits per heavy atom. The normalized spacial score (nSPS) is 15.2. The van der Waals surface area contributed by atoms with E-state index in [0.29, 0.717) is 11.4 Å². The van der Waals surface area contributed by atoms with Crippen molar-refractivity contribution in [3.8, 4) is 0 Å². The minimum absolute atomic E-state index is 0.399. The molecule has 1 aliphatic rings. The molecule has 0 radical (unpaired) electrons. The Hall–Kier alpha value is -0.500. The summed E-state index contributed by atoms with van der Waals surface area (Å²) < 4.78 is 28.1. The van der Waals surface area contributed by atoms with E-state index in [1.165, 1.54) is 15.6 Å². The first-order valence-corrected chi connectivity index (χ1v) is 10.0. The van der Waals surface area contributed by atoms with Crippen molar-refractivity contribution in [3.63, 3.8) is 0 Å². The minimum atomic E-state index is -3.48. The van der Waals surface area contributed by atoms with Crippen LogP contribution in [0, 0.1) is 6.92 Å². The molecular formula is C13H12BrNO2S3. The molecule has 0 atom stereocenters. The van der Waals surface area contributed by atoms with E-state index in [1.807, 2.05) is 31.2 Å². The Bertz CT molecular complexity index is 755. The summed E-state index contributed by atoms with van der Waals surface area (Å²) in [5.74, 6) is 0.778. The van der Waals surface area contributed by atoms with E-state index in [1.54, 1.807) is 17.8 Å². The molecule has 7 heteroatoms. The van der Waals surface area contributed by atoms with Crippen molar-refractivity contribution in [1.29, 1.82) is 0 Å². The molecule has 3 nitrogen and oxygen atoms in total. The van der Waals surface area contributed by atoms with Gasteiger partial charge >= 0.3 is 0 Å². The summed E-state index contributed by atoms with van der Waals surface area (Å²) in [7, 11) is -3.48. The minimum Gasteiger partial charge on any atom is -0.264 e. The predicted octanol–water partition coefficient (Wildman–Crippen LogP) is 4.12. The van der Waals surface area contributed by atoms with Crippen molar-refractivity contribution in [3.05, 3.63) is 39.0 Å². The number of halogens is 1. The number of fused-ring (bicyclic) bond motifs is 1. The molecule has 0 aliphatic carbocycles. The van der Waals surface area contributed by atoms with Gasteiger partial charge in [-0.15, -0.1) is 23.1 Å². The first-order chi connectivity index (χ1) is 9.50. The number of rotatable bonds is 2. The number of benzene rings is 1. The molecule has 0 amide bonds. The summed E-state index contributed by atoms with van der Waals surface area (Å²) in [6.07, 6.45) is 0. The summed E-state index contributed by atoms with van der Waals surface area (Å²) in [5.41, 5.74) is 0.783. The van der Waals surface area contributed by atoms with Crippen molar-refractivity contribution in [2.75, 3.05) is 16.6 Å². The van der Waals surface area contributed by atoms with Crippen molar-refractivity contribution in [1.82, 2.24) is 0 Å². The van der Waals surface area contributed by atoms with Gasteiger partial charge in [-0.3, -0.25) is 4.31 Å². The Morgan fingerprint density at radius 1 is 1.30 bits per heavy atom. The van der Waals surface area contributed by atoms with Crippen molar-refractivity contribution < 1.29 is 8.42 Å². The monoisotopic (exact) mass is 389 g/mol. The molecular weight excluding hydrogens is 378 g/mol. The lowest BCUT2D eigenvalue weighted by molar-refractivity contribution is 0.591. The van der Waals surface area contributed by atoms with Gasteiger partial charge in [0.2, 0.25) is 0 Å². The summed E-state index contributed by atoms with van der Waals surface area (Å²) in [5, 5.41) is 0. The fourth-order valence-corrected chi connectivity index (χ4v) is 7.24. The lowest BCUT2D eigenvalue weighted by Gasteiger charge is -2.29. The molecule has 3 rings (SSSR count). The summed E-state index contributed by atoms with van der Waals surface area (Å²) >= 11 is 6.51. The van der Waals surface area contributed by atoms with E-state index in [2.05, 4.69) is 15.9 Å². The molecule has 1 aromatic heterocycles. The van der Waals surface area contributed by atoms with Crippen molar-refractivity contribution in [2.45, 2.75) is 16.7 Å². The van der Waals surface area contributed by atoms with Gasteiger partial charge in [-0.05, 0) is 41.1 Å². The van der Waals surface area contributed by atoms with Crippen LogP contribution < -0.4 is 4.31 Å². The molecule has 2 heterocycles. The third kappa shape index (κ3) is 2.41. The van der Waals surface area contributed by atoms with Gasteiger partial charge < -0.3 is 0 Å². The van der Waals surface area contributed by atoms with E-state index in [0.717, 1.165) is 25.0 Å². The van der Waals surface area contributed by atoms with Crippen LogP contribution in [0.25, 0.3) is 0 Å². The van der Waals surface area contributed by atoms with E-state index < -0.39 is 10.0 Å². The molecule has 1 aromatic carbocycles. The molecule has 20 heavy (non-hydrogen) atoms. The summed E-state index contributed by atoms with van der Waals surface area (Å²) in [6, 6.07) is 9.35. The van der Waals surface area contributed by atoms with E-state index >= 15 is 0 Å². The van der Waals surface area contributed by atoms with Gasteiger partial charge in [-0.2, -0.15) is 0 Å². The largest absolute Gasteiger partial charge is 0.265 e. The second kappa shape index (κ2) is 5.36. The Morgan fingerprint density at radius 3 is 2.75 bits per heavy atom. The lowest BCUT2D eigenvalue weighted by Crippen LogP contribution is -2.35. The van der Waals surface area contributed by atoms with Gasteiger partial charge in [-0.1, -0.05) is 12.1 Å². The molecule has 0 saturated carbocycles. The molecule has 2 aromatic rings. The van der Waals surface area contributed by atoms with E-state index in [4.69, 9.17) is 0 Å². The Balaban J connectivity index is 2.12. The quantitative estimate of drug-likeness (QED) is 0.774. The highest BCUT2D eigenvalue weighted by molar-refractivity contribution is 9.11. The van der Waals surface area contributed by atoms with E-state index in [-0.39, 0.29) is 0 Å². The van der Waals surface area contributed by atoms with Gasteiger partial charge in [-0.25, -0.2) is 8.42 Å². The van der Waals surface area contributed by atoms with Gasteiger partial charge in [0.05, 0.1) is 9.47 Å². The highest BCUT2D eigenvalue weighted by Gasteiger charge is 2.31. The molecule has 1 aliphatic heterocycles. The number of hydrogen-bond acceptors (Lipinski definition) is 4. The zero-order valence-corrected chi connectivity index (χ0v) is 14.7. The summed E-state index contributed by atoms with van der Waals surface area (Å²) in [6.45, 7) is 2.35. The molecule has 0 fully saturated rings. The molecule has 0 bridgehead atoms. The maximum absolute atomic E-state index is 12.9. The van der Waals surface area contributed by atoms with Crippen LogP contribution in [0.4, 0.5) is 5.69 Å². The lowest BCUT2D eigenvalue weighted by atomic mass is 10.3. The van der Waals surface area contributed by atoms with Gasteiger partial charge in [0.1, 0.15) is 4.90 Å². The van der Waals surface area contributed by atoms with Crippen LogP contribution in [0.5, 0.6) is 0 Å². The number of nitrogens with zero attached hydrogens (tertiary/aromatic N) is 1. The second-order valence-electron chi connectivity index (χ2n) is 4.36. The van der Waals surface area contributed by atoms with Crippen molar-refractivity contribution >= 4 is 54.7 Å². The third-order valence-electron chi connectivity index (χ3n) is 3.10. The Labute approximate surface area is 135 Å². The zero-order valence-electron chi connectivity index (χ0n) is 10.7. The van der Waals surface area contributed by atoms with E-state index in [9.17, 15) is 8.42 Å². The number of anilines is 1. The number of aryl methyl sites for hydroxylation is 1. The van der Waals surface area contributed by atoms with Crippen LogP contribution in [-0.2, 0) is 10.0 Å². The standard InChI is InChI=1S/C13H12BrNO2S3/c1-9-12(8-13(14)19-9)20(16,17)15-6-7-18-11-5-3-2-4-10(11)15/h2-5,8H,6-7H2,1H3. The highest BCUT2D eigenvalue weighted by atomic mass is 79.9. The number of thioether (sulfide) groups is 1. The number of sulfonamides is 1. The first kappa shape index (κ1) is 14.4. The molecule has 0 spiro atoms. The highest BCUT2D eigenvalue weighted by Crippen LogP contribution is 2.39. The molecule has 106 valence electrons. The van der Waals surface area contributed by atoms with Gasteiger partial charge in [0.25, 0.3) is 10.0 Å². The maximum atomic E-state index is 12.9. The average molecular weight is 390 g/mol. The summed E-state index contributed by atoms with van der Waals surface area (Å²) in [4.78, 5) is 2.23. The molecule has 0 N–H and O–H groups in total. The maximum Gasteiger partial charge on any atom is 0.265 e. The fourth-order valence-electron chi connectivity index (χ4n) is 2.20. The van der Waals surface area contributed by atoms with Gasteiger partial charge in [0.15, 0.2) is 0 Å². The zero-order chi connectivity index (χ0) is 14.3. The molecule has 0 saturated heterocycles. The van der Waals surface area contributed by atoms with Crippen LogP contribution in [0.15, 0.2) is 43.9 Å². The number of thiophene rings is 1. The first-order valence-electron chi connectivity index (χ1n) is 6.00. The fraction of sp³-hybridized carbons (Fsp3) is 0.231. The third-order valence-corrected chi connectivity index (χ3v) is 7.76. The Kier molecular flexibility index (Phi) is 3.87. The topological polar surface area (TPSA) is 37.4 Å². The van der Waals surface area contributed by atoms with Crippen LogP contribution in [0.1, 0.15) is 4.88 Å². The SMILES string of the molecule is Cc1sc(Br)cc1S(=O)(=O)N1CCSc2ccccc21. The number of para-hydroxylation sites is 1. The van der Waals surface area contributed by atoms with Crippen LogP contribution in [0.2, 0.25) is 0 Å². The average Bonchev–Trinajstić information content (AvgIpc) is 2.78. The molecule has 0 unspecified atom stereocenters.